The van der Waals surface area contributed by atoms with Gasteiger partial charge in [0.05, 0.1) is 0 Å². The molecule has 2 aromatic rings. The monoisotopic (exact) mass is 347 g/mol. The van der Waals surface area contributed by atoms with Gasteiger partial charge in [0.2, 0.25) is 0 Å². The van der Waals surface area contributed by atoms with Crippen LogP contribution in [0.1, 0.15) is 18.1 Å². The fraction of sp³-hybridized carbons (Fsp3) is 0.235. The van der Waals surface area contributed by atoms with Crippen molar-refractivity contribution in [2.45, 2.75) is 19.9 Å². The van der Waals surface area contributed by atoms with Crippen LogP contribution in [-0.2, 0) is 17.8 Å². The molecule has 0 aliphatic carbocycles. The van der Waals surface area contributed by atoms with Gasteiger partial charge in [0.1, 0.15) is 5.75 Å². The highest BCUT2D eigenvalue weighted by Crippen LogP contribution is 2.13. The molecular formula is C17H18BrNO2. The Hall–Kier alpha value is -1.81. The van der Waals surface area contributed by atoms with E-state index in [0.29, 0.717) is 12.3 Å². The molecule has 0 aliphatic rings. The standard InChI is InChI=1S/C17H18BrNO2/c1-2-13-6-8-16(9-7-13)21-12-17(20)19-11-14-4-3-5-15(18)10-14/h3-10H,2,11-12H2,1H3,(H,19,20). The van der Waals surface area contributed by atoms with Crippen molar-refractivity contribution < 1.29 is 9.53 Å². The maximum Gasteiger partial charge on any atom is 0.258 e. The van der Waals surface area contributed by atoms with Gasteiger partial charge in [0.25, 0.3) is 5.91 Å². The molecule has 4 heteroatoms. The number of carbonyl (C=O) groups is 1. The molecule has 21 heavy (non-hydrogen) atoms. The summed E-state index contributed by atoms with van der Waals surface area (Å²) < 4.78 is 6.46. The first-order chi connectivity index (χ1) is 10.2. The van der Waals surface area contributed by atoms with E-state index in [1.165, 1.54) is 5.56 Å². The zero-order valence-electron chi connectivity index (χ0n) is 11.9. The largest absolute Gasteiger partial charge is 0.484 e. The Bertz CT molecular complexity index is 596. The van der Waals surface area contributed by atoms with Crippen LogP contribution in [-0.4, -0.2) is 12.5 Å². The topological polar surface area (TPSA) is 38.3 Å². The predicted molar refractivity (Wildman–Crippen MR) is 87.3 cm³/mol. The average molecular weight is 348 g/mol. The lowest BCUT2D eigenvalue weighted by Crippen LogP contribution is -2.28. The summed E-state index contributed by atoms with van der Waals surface area (Å²) in [6, 6.07) is 15.6. The first kappa shape index (κ1) is 15.6. The Labute approximate surface area is 133 Å². The minimum atomic E-state index is -0.130. The Morgan fingerprint density at radius 2 is 1.90 bits per heavy atom. The molecule has 0 aromatic heterocycles. The van der Waals surface area contributed by atoms with Gasteiger partial charge in [-0.1, -0.05) is 47.1 Å². The first-order valence-electron chi connectivity index (χ1n) is 6.90. The van der Waals surface area contributed by atoms with E-state index in [2.05, 4.69) is 28.2 Å². The quantitative estimate of drug-likeness (QED) is 0.864. The fourth-order valence-electron chi connectivity index (χ4n) is 1.87. The van der Waals surface area contributed by atoms with Crippen LogP contribution in [0.15, 0.2) is 53.0 Å². The molecule has 0 saturated carbocycles. The Kier molecular flexibility index (Phi) is 5.81. The van der Waals surface area contributed by atoms with Crippen LogP contribution in [0.25, 0.3) is 0 Å². The molecule has 2 aromatic carbocycles. The molecule has 0 unspecified atom stereocenters. The summed E-state index contributed by atoms with van der Waals surface area (Å²) in [6.07, 6.45) is 0.993. The number of hydrogen-bond acceptors (Lipinski definition) is 2. The van der Waals surface area contributed by atoms with Crippen molar-refractivity contribution in [3.63, 3.8) is 0 Å². The number of amides is 1. The van der Waals surface area contributed by atoms with Crippen molar-refractivity contribution in [1.29, 1.82) is 0 Å². The third kappa shape index (κ3) is 5.23. The predicted octanol–water partition coefficient (Wildman–Crippen LogP) is 3.71. The van der Waals surface area contributed by atoms with Gasteiger partial charge in [-0.2, -0.15) is 0 Å². The van der Waals surface area contributed by atoms with Crippen molar-refractivity contribution in [1.82, 2.24) is 5.32 Å². The van der Waals surface area contributed by atoms with Crippen LogP contribution >= 0.6 is 15.9 Å². The summed E-state index contributed by atoms with van der Waals surface area (Å²) in [6.45, 7) is 2.63. The van der Waals surface area contributed by atoms with E-state index in [9.17, 15) is 4.79 Å². The van der Waals surface area contributed by atoms with E-state index in [0.717, 1.165) is 16.5 Å². The molecule has 2 rings (SSSR count). The average Bonchev–Trinajstić information content (AvgIpc) is 2.51. The fourth-order valence-corrected chi connectivity index (χ4v) is 2.32. The van der Waals surface area contributed by atoms with Crippen molar-refractivity contribution >= 4 is 21.8 Å². The van der Waals surface area contributed by atoms with Crippen LogP contribution in [0.3, 0.4) is 0 Å². The van der Waals surface area contributed by atoms with Gasteiger partial charge in [-0.3, -0.25) is 4.79 Å². The number of rotatable bonds is 6. The van der Waals surface area contributed by atoms with Gasteiger partial charge in [-0.15, -0.1) is 0 Å². The number of benzene rings is 2. The second kappa shape index (κ2) is 7.84. The highest BCUT2D eigenvalue weighted by molar-refractivity contribution is 9.10. The maximum atomic E-state index is 11.7. The molecule has 0 spiro atoms. The third-order valence-electron chi connectivity index (χ3n) is 3.08. The summed E-state index contributed by atoms with van der Waals surface area (Å²) in [7, 11) is 0. The van der Waals surface area contributed by atoms with Crippen LogP contribution in [0, 0.1) is 0 Å². The summed E-state index contributed by atoms with van der Waals surface area (Å²) in [4.78, 5) is 11.7. The zero-order valence-corrected chi connectivity index (χ0v) is 13.5. The number of hydrogen-bond donors (Lipinski definition) is 1. The van der Waals surface area contributed by atoms with E-state index < -0.39 is 0 Å². The zero-order chi connectivity index (χ0) is 15.1. The lowest BCUT2D eigenvalue weighted by molar-refractivity contribution is -0.123. The normalized spacial score (nSPS) is 10.2. The molecule has 0 aliphatic heterocycles. The highest BCUT2D eigenvalue weighted by atomic mass is 79.9. The molecule has 0 radical (unpaired) electrons. The second-order valence-corrected chi connectivity index (χ2v) is 5.61. The number of aryl methyl sites for hydroxylation is 1. The number of ether oxygens (including phenoxy) is 1. The molecule has 1 amide bonds. The molecule has 110 valence electrons. The van der Waals surface area contributed by atoms with Gasteiger partial charge in [0.15, 0.2) is 6.61 Å². The SMILES string of the molecule is CCc1ccc(OCC(=O)NCc2cccc(Br)c2)cc1. The minimum absolute atomic E-state index is 0.0273. The molecule has 0 bridgehead atoms. The second-order valence-electron chi connectivity index (χ2n) is 4.69. The number of carbonyl (C=O) groups excluding carboxylic acids is 1. The van der Waals surface area contributed by atoms with E-state index in [1.54, 1.807) is 0 Å². The molecule has 0 heterocycles. The maximum absolute atomic E-state index is 11.7. The van der Waals surface area contributed by atoms with Crippen LogP contribution in [0.5, 0.6) is 5.75 Å². The molecule has 0 saturated heterocycles. The Balaban J connectivity index is 1.76. The molecule has 0 atom stereocenters. The van der Waals surface area contributed by atoms with Crippen molar-refractivity contribution in [2.24, 2.45) is 0 Å². The molecular weight excluding hydrogens is 330 g/mol. The van der Waals surface area contributed by atoms with E-state index in [1.807, 2.05) is 48.5 Å². The lowest BCUT2D eigenvalue weighted by Gasteiger charge is -2.08. The van der Waals surface area contributed by atoms with Crippen LogP contribution < -0.4 is 10.1 Å². The molecule has 0 fully saturated rings. The van der Waals surface area contributed by atoms with E-state index >= 15 is 0 Å². The van der Waals surface area contributed by atoms with Gasteiger partial charge in [-0.05, 0) is 41.8 Å². The summed E-state index contributed by atoms with van der Waals surface area (Å²) in [5, 5.41) is 2.83. The van der Waals surface area contributed by atoms with Crippen molar-refractivity contribution in [3.8, 4) is 5.75 Å². The smallest absolute Gasteiger partial charge is 0.258 e. The number of halogens is 1. The van der Waals surface area contributed by atoms with Crippen LogP contribution in [0.4, 0.5) is 0 Å². The van der Waals surface area contributed by atoms with Crippen LogP contribution in [0.2, 0.25) is 0 Å². The Morgan fingerprint density at radius 3 is 2.57 bits per heavy atom. The minimum Gasteiger partial charge on any atom is -0.484 e. The van der Waals surface area contributed by atoms with Gasteiger partial charge in [-0.25, -0.2) is 0 Å². The first-order valence-corrected chi connectivity index (χ1v) is 7.69. The van der Waals surface area contributed by atoms with Crippen molar-refractivity contribution in [3.05, 3.63) is 64.1 Å². The Morgan fingerprint density at radius 1 is 1.14 bits per heavy atom. The van der Waals surface area contributed by atoms with Crippen molar-refractivity contribution in [2.75, 3.05) is 6.61 Å². The van der Waals surface area contributed by atoms with E-state index in [4.69, 9.17) is 4.74 Å². The summed E-state index contributed by atoms with van der Waals surface area (Å²) >= 11 is 3.40. The number of nitrogens with one attached hydrogen (secondary N) is 1. The van der Waals surface area contributed by atoms with Gasteiger partial charge in [0, 0.05) is 11.0 Å². The van der Waals surface area contributed by atoms with E-state index in [-0.39, 0.29) is 12.5 Å². The molecule has 3 nitrogen and oxygen atoms in total. The highest BCUT2D eigenvalue weighted by Gasteiger charge is 2.03. The summed E-state index contributed by atoms with van der Waals surface area (Å²) in [5.41, 5.74) is 2.30. The lowest BCUT2D eigenvalue weighted by atomic mass is 10.2. The van der Waals surface area contributed by atoms with Gasteiger partial charge < -0.3 is 10.1 Å². The molecule has 1 N–H and O–H groups in total. The third-order valence-corrected chi connectivity index (χ3v) is 3.57. The van der Waals surface area contributed by atoms with Gasteiger partial charge >= 0.3 is 0 Å². The summed E-state index contributed by atoms with van der Waals surface area (Å²) in [5.74, 6) is 0.583.